The summed E-state index contributed by atoms with van der Waals surface area (Å²) in [5.74, 6) is -4.05. The number of aliphatic hydroxyl groups excluding tert-OH is 1. The van der Waals surface area contributed by atoms with E-state index in [1.165, 1.54) is 12.3 Å². The Kier molecular flexibility index (Phi) is 13.5. The lowest BCUT2D eigenvalue weighted by Gasteiger charge is -2.38. The van der Waals surface area contributed by atoms with Gasteiger partial charge in [-0.25, -0.2) is 9.37 Å². The van der Waals surface area contributed by atoms with Crippen LogP contribution in [-0.4, -0.2) is 141 Å². The fourth-order valence-electron chi connectivity index (χ4n) is 7.31. The zero-order valence-electron chi connectivity index (χ0n) is 33.3. The molecule has 4 heterocycles. The van der Waals surface area contributed by atoms with Crippen molar-refractivity contribution in [3.05, 3.63) is 76.2 Å². The summed E-state index contributed by atoms with van der Waals surface area (Å²) >= 11 is 6.57. The first-order valence-electron chi connectivity index (χ1n) is 18.5. The van der Waals surface area contributed by atoms with Crippen LogP contribution in [0.5, 0.6) is 0 Å². The number of hydrogen-bond acceptors (Lipinski definition) is 9. The van der Waals surface area contributed by atoms with Crippen LogP contribution in [0, 0.1) is 19.7 Å². The summed E-state index contributed by atoms with van der Waals surface area (Å²) in [4.78, 5) is 56.5. The van der Waals surface area contributed by atoms with E-state index < -0.39 is 24.2 Å². The van der Waals surface area contributed by atoms with Crippen LogP contribution in [-0.2, 0) is 27.9 Å². The van der Waals surface area contributed by atoms with Crippen molar-refractivity contribution >= 4 is 41.0 Å². The van der Waals surface area contributed by atoms with Gasteiger partial charge in [0, 0.05) is 74.8 Å². The molecule has 318 valence electrons. The van der Waals surface area contributed by atoms with E-state index in [2.05, 4.69) is 15.4 Å². The number of imidazole rings is 1. The van der Waals surface area contributed by atoms with Crippen LogP contribution in [0.3, 0.4) is 0 Å². The minimum absolute atomic E-state index is 0.000320. The molecule has 15 nitrogen and oxygen atoms in total. The highest BCUT2D eigenvalue weighted by atomic mass is 35.5. The average molecular weight is 849 g/mol. The van der Waals surface area contributed by atoms with Gasteiger partial charge < -0.3 is 43.9 Å². The molecule has 0 aliphatic carbocycles. The quantitative estimate of drug-likeness (QED) is 0.190. The molecule has 2 aromatic heterocycles. The lowest BCUT2D eigenvalue weighted by atomic mass is 9.98. The van der Waals surface area contributed by atoms with Gasteiger partial charge in [0.25, 0.3) is 17.7 Å². The molecule has 2 fully saturated rings. The van der Waals surface area contributed by atoms with Crippen LogP contribution in [0.4, 0.5) is 23.2 Å². The molecule has 3 amide bonds. The van der Waals surface area contributed by atoms with Crippen molar-refractivity contribution in [3.63, 3.8) is 0 Å². The Bertz CT molecular complexity index is 2230. The number of halogens is 5. The van der Waals surface area contributed by atoms with E-state index in [1.807, 2.05) is 27.1 Å². The van der Waals surface area contributed by atoms with Gasteiger partial charge in [-0.2, -0.15) is 18.3 Å². The number of likely N-dealkylation sites (tertiary alicyclic amines) is 1. The van der Waals surface area contributed by atoms with E-state index >= 15 is 4.39 Å². The molecule has 2 N–H and O–H groups in total. The van der Waals surface area contributed by atoms with E-state index in [0.29, 0.717) is 90.4 Å². The number of benzene rings is 2. The summed E-state index contributed by atoms with van der Waals surface area (Å²) in [6.07, 6.45) is -2.08. The second kappa shape index (κ2) is 17.9. The van der Waals surface area contributed by atoms with Gasteiger partial charge in [-0.3, -0.25) is 19.1 Å². The van der Waals surface area contributed by atoms with Crippen LogP contribution in [0.15, 0.2) is 42.7 Å². The number of anilines is 1. The third-order valence-corrected chi connectivity index (χ3v) is 10.9. The minimum atomic E-state index is -5.19. The third kappa shape index (κ3) is 9.75. The zero-order chi connectivity index (χ0) is 43.6. The zero-order valence-corrected chi connectivity index (χ0v) is 34.0. The van der Waals surface area contributed by atoms with Gasteiger partial charge in [0.15, 0.2) is 11.9 Å². The number of alkyl halides is 3. The Morgan fingerprint density at radius 3 is 2.22 bits per heavy atom. The van der Waals surface area contributed by atoms with Crippen LogP contribution in [0.1, 0.15) is 38.7 Å². The molecule has 2 aliphatic rings. The van der Waals surface area contributed by atoms with Crippen LogP contribution >= 0.6 is 11.6 Å². The van der Waals surface area contributed by atoms with Crippen LogP contribution in [0.25, 0.3) is 22.4 Å². The Morgan fingerprint density at radius 2 is 1.64 bits per heavy atom. The number of methoxy groups -OCH3 is 1. The number of piperazine rings is 1. The molecule has 2 aromatic carbocycles. The lowest BCUT2D eigenvalue weighted by Crippen LogP contribution is -2.58. The standard InChI is InChI=1S/C37H44ClFN8O5.C2HF3O2/c1-22-26(9-10-27(33(22)39)29-19-41-46(23(29)2)15-16-52-6)31-20-40-34(43(31)3)35(49)42-24-7-8-28(30(38)17-24)36(50)44-11-13-45(14-12-44)37(51)32-18-25(48)21-47(32,4)5;3-2(4,5)1(6)7/h7-10,17,19-20,25,32,48H,11-16,18,21H2,1-6H3;(H,6,7)/t25-,32+;/m1./s1. The van der Waals surface area contributed by atoms with Crippen molar-refractivity contribution in [1.82, 2.24) is 29.1 Å². The molecule has 59 heavy (non-hydrogen) atoms. The number of nitrogens with one attached hydrogen (secondary N) is 1. The molecule has 2 atom stereocenters. The fourth-order valence-corrected chi connectivity index (χ4v) is 7.57. The number of aliphatic carboxylic acids is 1. The maximum atomic E-state index is 15.8. The molecule has 0 spiro atoms. The second-order valence-corrected chi connectivity index (χ2v) is 15.3. The number of ether oxygens (including phenoxy) is 1. The van der Waals surface area contributed by atoms with E-state index in [4.69, 9.17) is 26.2 Å². The Labute approximate surface area is 342 Å². The van der Waals surface area contributed by atoms with Crippen LogP contribution < -0.4 is 10.4 Å². The highest BCUT2D eigenvalue weighted by molar-refractivity contribution is 6.34. The van der Waals surface area contributed by atoms with Gasteiger partial charge in [-0.05, 0) is 37.6 Å². The van der Waals surface area contributed by atoms with E-state index in [0.717, 1.165) is 5.69 Å². The van der Waals surface area contributed by atoms with Gasteiger partial charge in [-0.1, -0.05) is 23.7 Å². The van der Waals surface area contributed by atoms with Crippen molar-refractivity contribution in [1.29, 1.82) is 0 Å². The molecule has 0 saturated carbocycles. The van der Waals surface area contributed by atoms with Crippen molar-refractivity contribution in [3.8, 4) is 22.4 Å². The summed E-state index contributed by atoms with van der Waals surface area (Å²) in [5.41, 5.74) is 4.18. The molecule has 2 aliphatic heterocycles. The molecular weight excluding hydrogens is 804 g/mol. The highest BCUT2D eigenvalue weighted by Crippen LogP contribution is 2.34. The van der Waals surface area contributed by atoms with Gasteiger partial charge in [0.2, 0.25) is 0 Å². The van der Waals surface area contributed by atoms with Gasteiger partial charge >= 0.3 is 6.18 Å². The van der Waals surface area contributed by atoms with Crippen molar-refractivity contribution in [2.45, 2.75) is 45.1 Å². The monoisotopic (exact) mass is 848 g/mol. The number of likely N-dealkylation sites (N-methyl/N-ethyl adjacent to an activating group) is 1. The molecule has 0 unspecified atom stereocenters. The maximum Gasteiger partial charge on any atom is 0.430 e. The molecule has 2 saturated heterocycles. The predicted molar refractivity (Wildman–Crippen MR) is 206 cm³/mol. The number of nitrogens with zero attached hydrogens (tertiary/aromatic N) is 7. The largest absolute Gasteiger partial charge is 0.542 e. The van der Waals surface area contributed by atoms with Crippen LogP contribution in [0.2, 0.25) is 5.02 Å². The number of hydrogen-bond donors (Lipinski definition) is 2. The molecule has 6 rings (SSSR count). The first-order chi connectivity index (χ1) is 27.7. The molecule has 0 radical (unpaired) electrons. The third-order valence-electron chi connectivity index (χ3n) is 10.6. The number of carbonyl (C=O) groups excluding carboxylic acids is 4. The van der Waals surface area contributed by atoms with Gasteiger partial charge in [-0.15, -0.1) is 0 Å². The van der Waals surface area contributed by atoms with E-state index in [-0.39, 0.29) is 40.1 Å². The van der Waals surface area contributed by atoms with Gasteiger partial charge in [0.05, 0.1) is 55.9 Å². The van der Waals surface area contributed by atoms with Gasteiger partial charge in [0.1, 0.15) is 24.4 Å². The number of carboxylic acids is 1. The number of quaternary nitrogens is 1. The number of aromatic nitrogens is 4. The number of carboxylic acid groups (broad SMARTS) is 1. The van der Waals surface area contributed by atoms with E-state index in [1.54, 1.807) is 64.5 Å². The molecule has 0 bridgehead atoms. The normalized spacial score (nSPS) is 17.7. The SMILES string of the molecule is COCCn1ncc(-c2ccc(-c3cnc(C(=O)Nc4ccc(C(=O)N5CCN(C(=O)[C@@H]6C[C@@H](O)C[N+]6(C)C)CC5)c(Cl)c4)n3C)c(C)c2F)c1C.O=C([O-])C(F)(F)F. The second-order valence-electron chi connectivity index (χ2n) is 14.9. The molecular formula is C39H45ClF4N8O7. The molecule has 20 heteroatoms. The average Bonchev–Trinajstić information content (AvgIpc) is 3.83. The van der Waals surface area contributed by atoms with Crippen molar-refractivity contribution < 1.29 is 56.2 Å². The first kappa shape index (κ1) is 44.7. The summed E-state index contributed by atoms with van der Waals surface area (Å²) in [6.45, 7) is 6.67. The summed E-state index contributed by atoms with van der Waals surface area (Å²) in [5, 5.41) is 26.3. The fraction of sp³-hybridized carbons (Fsp3) is 0.436. The lowest BCUT2D eigenvalue weighted by molar-refractivity contribution is -0.894. The smallest absolute Gasteiger partial charge is 0.430 e. The first-order valence-corrected chi connectivity index (χ1v) is 18.8. The topological polar surface area (TPSA) is 175 Å². The minimum Gasteiger partial charge on any atom is -0.542 e. The van der Waals surface area contributed by atoms with Crippen molar-refractivity contribution in [2.24, 2.45) is 7.05 Å². The maximum absolute atomic E-state index is 15.8. The van der Waals surface area contributed by atoms with Crippen molar-refractivity contribution in [2.75, 3.05) is 65.9 Å². The number of carbonyl (C=O) groups is 4. The number of aliphatic hydroxyl groups is 1. The molecule has 4 aromatic rings. The summed E-state index contributed by atoms with van der Waals surface area (Å²) in [6, 6.07) is 7.90. The summed E-state index contributed by atoms with van der Waals surface area (Å²) < 4.78 is 56.3. The Balaban J connectivity index is 0.000000867. The Morgan fingerprint density at radius 1 is 1.02 bits per heavy atom. The summed E-state index contributed by atoms with van der Waals surface area (Å²) in [7, 11) is 7.21. The predicted octanol–water partition coefficient (Wildman–Crippen LogP) is 3.05. The van der Waals surface area contributed by atoms with E-state index in [9.17, 15) is 32.7 Å². The number of rotatable bonds is 9. The number of amides is 3. The Hall–Kier alpha value is -5.37. The highest BCUT2D eigenvalue weighted by Gasteiger charge is 2.46.